The molecule has 0 radical (unpaired) electrons. The second-order valence-corrected chi connectivity index (χ2v) is 4.11. The van der Waals surface area contributed by atoms with Gasteiger partial charge in [-0.25, -0.2) is 4.79 Å². The van der Waals surface area contributed by atoms with Crippen molar-refractivity contribution in [2.24, 2.45) is 0 Å². The van der Waals surface area contributed by atoms with Crippen molar-refractivity contribution >= 4 is 34.4 Å². The second kappa shape index (κ2) is 5.63. The number of carbonyl (C=O) groups excluding carboxylic acids is 2. The Morgan fingerprint density at radius 2 is 1.81 bits per heavy atom. The van der Waals surface area contributed by atoms with Crippen LogP contribution in [0.2, 0.25) is 0 Å². The SMILES string of the molecule is O=C(CCl)NNC(=O)c1cc(=O)[nH]c2[nH]c(=O)[nH]c(=O)c12. The highest BCUT2D eigenvalue weighted by atomic mass is 35.5. The fourth-order valence-electron chi connectivity index (χ4n) is 1.61. The molecule has 5 N–H and O–H groups in total. The number of hydrogen-bond acceptors (Lipinski definition) is 5. The first-order valence-electron chi connectivity index (χ1n) is 5.47. The molecular weight excluding hydrogens is 306 g/mol. The van der Waals surface area contributed by atoms with Crippen LogP contribution in [0.15, 0.2) is 20.4 Å². The summed E-state index contributed by atoms with van der Waals surface area (Å²) in [7, 11) is 0. The average molecular weight is 314 g/mol. The Bertz CT molecular complexity index is 890. The third-order valence-electron chi connectivity index (χ3n) is 2.42. The Balaban J connectivity index is 2.56. The smallest absolute Gasteiger partial charge is 0.308 e. The normalized spacial score (nSPS) is 10.3. The van der Waals surface area contributed by atoms with Gasteiger partial charge in [-0.3, -0.25) is 40.0 Å². The molecule has 0 aliphatic carbocycles. The van der Waals surface area contributed by atoms with Gasteiger partial charge in [0, 0.05) is 6.07 Å². The van der Waals surface area contributed by atoms with E-state index in [-0.39, 0.29) is 22.5 Å². The lowest BCUT2D eigenvalue weighted by Crippen LogP contribution is -2.43. The molecule has 2 aromatic rings. The first-order valence-corrected chi connectivity index (χ1v) is 6.00. The average Bonchev–Trinajstić information content (AvgIpc) is 2.42. The van der Waals surface area contributed by atoms with Crippen molar-refractivity contribution in [2.45, 2.75) is 0 Å². The lowest BCUT2D eigenvalue weighted by atomic mass is 10.1. The Hall–Kier alpha value is -2.88. The summed E-state index contributed by atoms with van der Waals surface area (Å²) in [5.41, 5.74) is 1.04. The molecule has 2 aromatic heterocycles. The number of alkyl halides is 1. The van der Waals surface area contributed by atoms with Crippen LogP contribution < -0.4 is 27.7 Å². The number of hydrogen-bond donors (Lipinski definition) is 5. The molecule has 0 saturated heterocycles. The van der Waals surface area contributed by atoms with Gasteiger partial charge in [0.15, 0.2) is 0 Å². The van der Waals surface area contributed by atoms with Crippen LogP contribution in [-0.4, -0.2) is 32.6 Å². The lowest BCUT2D eigenvalue weighted by Gasteiger charge is -2.07. The Morgan fingerprint density at radius 1 is 1.10 bits per heavy atom. The molecule has 0 spiro atoms. The molecular formula is C10H8ClN5O5. The minimum atomic E-state index is -0.915. The second-order valence-electron chi connectivity index (χ2n) is 3.84. The van der Waals surface area contributed by atoms with Gasteiger partial charge in [-0.1, -0.05) is 0 Å². The van der Waals surface area contributed by atoms with Gasteiger partial charge in [-0.15, -0.1) is 11.6 Å². The van der Waals surface area contributed by atoms with Gasteiger partial charge < -0.3 is 4.98 Å². The van der Waals surface area contributed by atoms with E-state index in [1.807, 2.05) is 15.8 Å². The highest BCUT2D eigenvalue weighted by Crippen LogP contribution is 2.05. The van der Waals surface area contributed by atoms with Gasteiger partial charge >= 0.3 is 5.69 Å². The summed E-state index contributed by atoms with van der Waals surface area (Å²) in [6.07, 6.45) is 0. The van der Waals surface area contributed by atoms with E-state index >= 15 is 0 Å². The molecule has 2 amide bonds. The Labute approximate surface area is 119 Å². The summed E-state index contributed by atoms with van der Waals surface area (Å²) < 4.78 is 0. The molecule has 0 atom stereocenters. The molecule has 21 heavy (non-hydrogen) atoms. The zero-order valence-electron chi connectivity index (χ0n) is 10.2. The highest BCUT2D eigenvalue weighted by molar-refractivity contribution is 6.27. The predicted molar refractivity (Wildman–Crippen MR) is 72.1 cm³/mol. The molecule has 0 unspecified atom stereocenters. The van der Waals surface area contributed by atoms with Crippen molar-refractivity contribution < 1.29 is 9.59 Å². The standard InChI is InChI=1S/C10H8ClN5O5/c11-2-5(18)15-16-8(19)3-1-4(17)12-7-6(3)9(20)14-10(21)13-7/h1H,2H2,(H,15,18)(H,16,19)(H3,12,13,14,17,20,21). The predicted octanol–water partition coefficient (Wildman–Crippen LogP) is -2.10. The largest absolute Gasteiger partial charge is 0.327 e. The molecule has 110 valence electrons. The van der Waals surface area contributed by atoms with Gasteiger partial charge in [0.2, 0.25) is 5.56 Å². The first kappa shape index (κ1) is 14.5. The molecule has 2 rings (SSSR count). The topological polar surface area (TPSA) is 157 Å². The third-order valence-corrected chi connectivity index (χ3v) is 2.66. The van der Waals surface area contributed by atoms with Crippen LogP contribution in [0.25, 0.3) is 11.0 Å². The van der Waals surface area contributed by atoms with Crippen LogP contribution in [0.5, 0.6) is 0 Å². The Morgan fingerprint density at radius 3 is 2.48 bits per heavy atom. The van der Waals surface area contributed by atoms with Gasteiger partial charge in [0.25, 0.3) is 17.4 Å². The van der Waals surface area contributed by atoms with E-state index in [1.54, 1.807) is 0 Å². The van der Waals surface area contributed by atoms with Crippen LogP contribution in [-0.2, 0) is 4.79 Å². The summed E-state index contributed by atoms with van der Waals surface area (Å²) in [5.74, 6) is -1.98. The van der Waals surface area contributed by atoms with Gasteiger partial charge in [-0.2, -0.15) is 0 Å². The van der Waals surface area contributed by atoms with Crippen LogP contribution in [0.1, 0.15) is 10.4 Å². The van der Waals surface area contributed by atoms with Crippen molar-refractivity contribution in [3.05, 3.63) is 42.8 Å². The summed E-state index contributed by atoms with van der Waals surface area (Å²) in [4.78, 5) is 63.5. The van der Waals surface area contributed by atoms with E-state index in [1.165, 1.54) is 0 Å². The summed E-state index contributed by atoms with van der Waals surface area (Å²) in [6, 6.07) is 0.859. The van der Waals surface area contributed by atoms with Gasteiger partial charge in [0.1, 0.15) is 11.5 Å². The summed E-state index contributed by atoms with van der Waals surface area (Å²) in [5, 5.41) is -0.230. The number of halogens is 1. The zero-order valence-corrected chi connectivity index (χ0v) is 11.0. The molecule has 0 aromatic carbocycles. The molecule has 2 heterocycles. The minimum absolute atomic E-state index is 0.204. The van der Waals surface area contributed by atoms with E-state index in [2.05, 4.69) is 9.97 Å². The van der Waals surface area contributed by atoms with E-state index in [0.717, 1.165) is 6.07 Å². The fourth-order valence-corrected chi connectivity index (χ4v) is 1.67. The number of fused-ring (bicyclic) bond motifs is 1. The minimum Gasteiger partial charge on any atom is -0.308 e. The lowest BCUT2D eigenvalue weighted by molar-refractivity contribution is -0.119. The summed E-state index contributed by atoms with van der Waals surface area (Å²) >= 11 is 5.23. The van der Waals surface area contributed by atoms with E-state index in [9.17, 15) is 24.0 Å². The van der Waals surface area contributed by atoms with Crippen LogP contribution in [0.3, 0.4) is 0 Å². The number of aromatic nitrogens is 3. The number of H-pyrrole nitrogens is 3. The fraction of sp³-hybridized carbons (Fsp3) is 0.100. The van der Waals surface area contributed by atoms with Crippen molar-refractivity contribution in [3.63, 3.8) is 0 Å². The van der Waals surface area contributed by atoms with Crippen molar-refractivity contribution in [2.75, 3.05) is 5.88 Å². The maximum absolute atomic E-state index is 11.9. The van der Waals surface area contributed by atoms with E-state index in [0.29, 0.717) is 0 Å². The van der Waals surface area contributed by atoms with Crippen LogP contribution in [0, 0.1) is 0 Å². The highest BCUT2D eigenvalue weighted by Gasteiger charge is 2.16. The molecule has 10 nitrogen and oxygen atoms in total. The maximum atomic E-state index is 11.9. The maximum Gasteiger partial charge on any atom is 0.327 e. The molecule has 0 aliphatic rings. The van der Waals surface area contributed by atoms with Gasteiger partial charge in [-0.05, 0) is 0 Å². The molecule has 11 heteroatoms. The Kier molecular flexibility index (Phi) is 3.89. The number of nitrogens with one attached hydrogen (secondary N) is 5. The number of carbonyl (C=O) groups is 2. The van der Waals surface area contributed by atoms with Crippen molar-refractivity contribution in [1.29, 1.82) is 0 Å². The van der Waals surface area contributed by atoms with Crippen molar-refractivity contribution in [1.82, 2.24) is 25.8 Å². The number of hydrazine groups is 1. The first-order chi connectivity index (χ1) is 9.92. The number of aromatic amines is 3. The monoisotopic (exact) mass is 313 g/mol. The summed E-state index contributed by atoms with van der Waals surface area (Å²) in [6.45, 7) is 0. The van der Waals surface area contributed by atoms with E-state index in [4.69, 9.17) is 11.6 Å². The van der Waals surface area contributed by atoms with Crippen molar-refractivity contribution in [3.8, 4) is 0 Å². The number of pyridine rings is 1. The zero-order chi connectivity index (χ0) is 15.6. The molecule has 0 fully saturated rings. The molecule has 0 bridgehead atoms. The quantitative estimate of drug-likeness (QED) is 0.317. The molecule has 0 saturated carbocycles. The molecule has 0 aliphatic heterocycles. The number of rotatable bonds is 2. The van der Waals surface area contributed by atoms with Crippen LogP contribution >= 0.6 is 11.6 Å². The third kappa shape index (κ3) is 3.00. The van der Waals surface area contributed by atoms with Gasteiger partial charge in [0.05, 0.1) is 10.9 Å². The van der Waals surface area contributed by atoms with Crippen LogP contribution in [0.4, 0.5) is 0 Å². The van der Waals surface area contributed by atoms with E-state index < -0.39 is 28.6 Å². The number of amides is 2.